The van der Waals surface area contributed by atoms with Crippen LogP contribution in [0.5, 0.6) is 0 Å². The van der Waals surface area contributed by atoms with E-state index in [1.165, 1.54) is 44.1 Å². The predicted molar refractivity (Wildman–Crippen MR) is 77.3 cm³/mol. The molecule has 0 atom stereocenters. The van der Waals surface area contributed by atoms with Gasteiger partial charge in [-0.2, -0.15) is 0 Å². The molecule has 0 saturated heterocycles. The van der Waals surface area contributed by atoms with Crippen molar-refractivity contribution in [3.63, 3.8) is 0 Å². The van der Waals surface area contributed by atoms with Crippen LogP contribution >= 0.6 is 15.9 Å². The van der Waals surface area contributed by atoms with Gasteiger partial charge in [-0.1, -0.05) is 53.7 Å². The molecule has 1 fully saturated rings. The zero-order valence-corrected chi connectivity index (χ0v) is 12.0. The molecule has 1 N–H and O–H groups in total. The first-order chi connectivity index (χ1) is 8.34. The number of hydrogen-bond acceptors (Lipinski definition) is 1. The Kier molecular flexibility index (Phi) is 5.53. The third-order valence-corrected chi connectivity index (χ3v) is 4.14. The fourth-order valence-electron chi connectivity index (χ4n) is 2.56. The second-order valence-electron chi connectivity index (χ2n) is 5.02. The lowest BCUT2D eigenvalue weighted by Gasteiger charge is -2.16. The normalized spacial score (nSPS) is 17.9. The van der Waals surface area contributed by atoms with Gasteiger partial charge in [0, 0.05) is 10.5 Å². The molecule has 94 valence electrons. The second-order valence-corrected chi connectivity index (χ2v) is 5.93. The molecule has 0 radical (unpaired) electrons. The van der Waals surface area contributed by atoms with Crippen LogP contribution in [0.1, 0.15) is 44.1 Å². The van der Waals surface area contributed by atoms with Crippen molar-refractivity contribution in [1.82, 2.24) is 5.32 Å². The molecule has 1 aliphatic carbocycles. The van der Waals surface area contributed by atoms with Gasteiger partial charge in [0.15, 0.2) is 0 Å². The number of benzene rings is 1. The molecule has 0 spiro atoms. The lowest BCUT2D eigenvalue weighted by Crippen LogP contribution is -2.30. The van der Waals surface area contributed by atoms with Gasteiger partial charge in [0.2, 0.25) is 0 Å². The lowest BCUT2D eigenvalue weighted by molar-refractivity contribution is 0.463. The van der Waals surface area contributed by atoms with Crippen LogP contribution < -0.4 is 5.32 Å². The van der Waals surface area contributed by atoms with Crippen molar-refractivity contribution in [1.29, 1.82) is 0 Å². The van der Waals surface area contributed by atoms with Gasteiger partial charge in [0.25, 0.3) is 0 Å². The summed E-state index contributed by atoms with van der Waals surface area (Å²) in [6, 6.07) is 9.44. The first kappa shape index (κ1) is 13.1. The molecule has 0 aliphatic heterocycles. The SMILES string of the molecule is Brc1ccc(CCNC2CCCCCC2)cc1. The Hall–Kier alpha value is -0.340. The molecule has 1 aliphatic rings. The molecular weight excluding hydrogens is 274 g/mol. The first-order valence-electron chi connectivity index (χ1n) is 6.82. The van der Waals surface area contributed by atoms with Crippen molar-refractivity contribution < 1.29 is 0 Å². The van der Waals surface area contributed by atoms with Crippen molar-refractivity contribution in [3.05, 3.63) is 34.3 Å². The maximum atomic E-state index is 3.71. The summed E-state index contributed by atoms with van der Waals surface area (Å²) in [5.74, 6) is 0. The van der Waals surface area contributed by atoms with Crippen molar-refractivity contribution in [3.8, 4) is 0 Å². The van der Waals surface area contributed by atoms with E-state index in [9.17, 15) is 0 Å². The summed E-state index contributed by atoms with van der Waals surface area (Å²) in [5.41, 5.74) is 1.43. The van der Waals surface area contributed by atoms with Crippen LogP contribution in [0.15, 0.2) is 28.7 Å². The predicted octanol–water partition coefficient (Wildman–Crippen LogP) is 4.30. The highest BCUT2D eigenvalue weighted by atomic mass is 79.9. The molecular formula is C15H22BrN. The van der Waals surface area contributed by atoms with E-state index in [1.54, 1.807) is 0 Å². The van der Waals surface area contributed by atoms with E-state index >= 15 is 0 Å². The van der Waals surface area contributed by atoms with Gasteiger partial charge in [0.05, 0.1) is 0 Å². The van der Waals surface area contributed by atoms with Gasteiger partial charge in [-0.05, 0) is 43.5 Å². The van der Waals surface area contributed by atoms with E-state index < -0.39 is 0 Å². The Labute approximate surface area is 113 Å². The highest BCUT2D eigenvalue weighted by molar-refractivity contribution is 9.10. The fraction of sp³-hybridized carbons (Fsp3) is 0.600. The van der Waals surface area contributed by atoms with Crippen LogP contribution in [0.2, 0.25) is 0 Å². The number of nitrogens with one attached hydrogen (secondary N) is 1. The van der Waals surface area contributed by atoms with E-state index in [-0.39, 0.29) is 0 Å². The van der Waals surface area contributed by atoms with Crippen molar-refractivity contribution >= 4 is 15.9 Å². The third-order valence-electron chi connectivity index (χ3n) is 3.62. The Morgan fingerprint density at radius 2 is 1.65 bits per heavy atom. The molecule has 2 heteroatoms. The Bertz CT molecular complexity index is 312. The van der Waals surface area contributed by atoms with Crippen LogP contribution in [0.4, 0.5) is 0 Å². The topological polar surface area (TPSA) is 12.0 Å². The van der Waals surface area contributed by atoms with E-state index in [4.69, 9.17) is 0 Å². The summed E-state index contributed by atoms with van der Waals surface area (Å²) < 4.78 is 1.16. The summed E-state index contributed by atoms with van der Waals surface area (Å²) in [6.45, 7) is 1.12. The standard InChI is InChI=1S/C15H22BrN/c16-14-9-7-13(8-10-14)11-12-17-15-5-3-1-2-4-6-15/h7-10,15,17H,1-6,11-12H2. The summed E-state index contributed by atoms with van der Waals surface area (Å²) in [6.07, 6.45) is 9.59. The monoisotopic (exact) mass is 295 g/mol. The molecule has 0 heterocycles. The summed E-state index contributed by atoms with van der Waals surface area (Å²) in [4.78, 5) is 0. The molecule has 0 aromatic heterocycles. The van der Waals surface area contributed by atoms with Crippen molar-refractivity contribution in [2.24, 2.45) is 0 Å². The largest absolute Gasteiger partial charge is 0.314 e. The highest BCUT2D eigenvalue weighted by Crippen LogP contribution is 2.17. The van der Waals surface area contributed by atoms with Gasteiger partial charge >= 0.3 is 0 Å². The average Bonchev–Trinajstić information content (AvgIpc) is 2.60. The molecule has 1 nitrogen and oxygen atoms in total. The van der Waals surface area contributed by atoms with Crippen molar-refractivity contribution in [2.45, 2.75) is 51.0 Å². The zero-order valence-electron chi connectivity index (χ0n) is 10.4. The summed E-state index contributed by atoms with van der Waals surface area (Å²) in [7, 11) is 0. The van der Waals surface area contributed by atoms with E-state index in [0.29, 0.717) is 0 Å². The van der Waals surface area contributed by atoms with Gasteiger partial charge in [-0.15, -0.1) is 0 Å². The molecule has 1 aromatic carbocycles. The summed E-state index contributed by atoms with van der Waals surface area (Å²) in [5, 5.41) is 3.71. The minimum atomic E-state index is 0.771. The van der Waals surface area contributed by atoms with Crippen molar-refractivity contribution in [2.75, 3.05) is 6.54 Å². The molecule has 0 amide bonds. The maximum absolute atomic E-state index is 3.71. The number of hydrogen-bond donors (Lipinski definition) is 1. The lowest BCUT2D eigenvalue weighted by atomic mass is 10.1. The van der Waals surface area contributed by atoms with Crippen LogP contribution in [-0.2, 0) is 6.42 Å². The molecule has 2 rings (SSSR count). The minimum Gasteiger partial charge on any atom is -0.314 e. The zero-order chi connectivity index (χ0) is 11.9. The molecule has 0 unspecified atom stereocenters. The first-order valence-corrected chi connectivity index (χ1v) is 7.62. The van der Waals surface area contributed by atoms with Gasteiger partial charge < -0.3 is 5.32 Å². The Morgan fingerprint density at radius 1 is 1.00 bits per heavy atom. The minimum absolute atomic E-state index is 0.771. The quantitative estimate of drug-likeness (QED) is 0.817. The summed E-state index contributed by atoms with van der Waals surface area (Å²) >= 11 is 3.47. The highest BCUT2D eigenvalue weighted by Gasteiger charge is 2.10. The van der Waals surface area contributed by atoms with E-state index in [2.05, 4.69) is 45.5 Å². The molecule has 1 saturated carbocycles. The molecule has 17 heavy (non-hydrogen) atoms. The Balaban J connectivity index is 1.69. The van der Waals surface area contributed by atoms with Gasteiger partial charge in [0.1, 0.15) is 0 Å². The average molecular weight is 296 g/mol. The van der Waals surface area contributed by atoms with Crippen LogP contribution in [0, 0.1) is 0 Å². The van der Waals surface area contributed by atoms with Gasteiger partial charge in [-0.25, -0.2) is 0 Å². The van der Waals surface area contributed by atoms with E-state index in [0.717, 1.165) is 23.5 Å². The van der Waals surface area contributed by atoms with Crippen LogP contribution in [-0.4, -0.2) is 12.6 Å². The molecule has 1 aromatic rings. The second kappa shape index (κ2) is 7.17. The smallest absolute Gasteiger partial charge is 0.0175 e. The number of rotatable bonds is 4. The molecule has 0 bridgehead atoms. The van der Waals surface area contributed by atoms with E-state index in [1.807, 2.05) is 0 Å². The van der Waals surface area contributed by atoms with Crippen LogP contribution in [0.3, 0.4) is 0 Å². The Morgan fingerprint density at radius 3 is 2.29 bits per heavy atom. The maximum Gasteiger partial charge on any atom is 0.0175 e. The van der Waals surface area contributed by atoms with Gasteiger partial charge in [-0.3, -0.25) is 0 Å². The fourth-order valence-corrected chi connectivity index (χ4v) is 2.82. The number of halogens is 1. The van der Waals surface area contributed by atoms with Crippen LogP contribution in [0.25, 0.3) is 0 Å². The third kappa shape index (κ3) is 4.81.